The molecule has 0 bridgehead atoms. The minimum absolute atomic E-state index is 0.392. The van der Waals surface area contributed by atoms with Crippen LogP contribution in [0.5, 0.6) is 0 Å². The summed E-state index contributed by atoms with van der Waals surface area (Å²) in [5.74, 6) is 0. The van der Waals surface area contributed by atoms with Gasteiger partial charge in [-0.1, -0.05) is 27.7 Å². The van der Waals surface area contributed by atoms with E-state index in [-0.39, 0.29) is 0 Å². The molecule has 0 aliphatic rings. The summed E-state index contributed by atoms with van der Waals surface area (Å²) >= 11 is 1.86. The lowest BCUT2D eigenvalue weighted by atomic mass is 10.1. The van der Waals surface area contributed by atoms with E-state index >= 15 is 0 Å². The first-order valence-corrected chi connectivity index (χ1v) is 6.91. The third-order valence-electron chi connectivity index (χ3n) is 2.35. The summed E-state index contributed by atoms with van der Waals surface area (Å²) in [7, 11) is 0. The van der Waals surface area contributed by atoms with Gasteiger partial charge in [-0.2, -0.15) is 0 Å². The third-order valence-corrected chi connectivity index (χ3v) is 3.33. The van der Waals surface area contributed by atoms with Crippen LogP contribution in [0.2, 0.25) is 0 Å². The molecular formula is C13H22N2S. The minimum Gasteiger partial charge on any atom is -0.309 e. The normalized spacial score (nSPS) is 13.1. The van der Waals surface area contributed by atoms with E-state index in [1.165, 1.54) is 4.90 Å². The van der Waals surface area contributed by atoms with Crippen molar-refractivity contribution in [1.82, 2.24) is 10.3 Å². The number of hydrogen-bond donors (Lipinski definition) is 1. The Kier molecular flexibility index (Phi) is 5.85. The second-order valence-electron chi connectivity index (χ2n) is 4.10. The largest absolute Gasteiger partial charge is 0.309 e. The maximum absolute atomic E-state index is 4.54. The van der Waals surface area contributed by atoms with Crippen LogP contribution >= 0.6 is 11.8 Å². The monoisotopic (exact) mass is 238 g/mol. The molecule has 2 nitrogen and oxygen atoms in total. The fourth-order valence-corrected chi connectivity index (χ4v) is 2.45. The van der Waals surface area contributed by atoms with Gasteiger partial charge < -0.3 is 5.32 Å². The van der Waals surface area contributed by atoms with Gasteiger partial charge in [0.25, 0.3) is 0 Å². The maximum atomic E-state index is 4.54. The van der Waals surface area contributed by atoms with Crippen molar-refractivity contribution in [2.24, 2.45) is 0 Å². The first kappa shape index (κ1) is 13.5. The van der Waals surface area contributed by atoms with Crippen LogP contribution < -0.4 is 5.32 Å². The zero-order valence-electron chi connectivity index (χ0n) is 10.7. The van der Waals surface area contributed by atoms with Crippen LogP contribution in [0.25, 0.3) is 0 Å². The Morgan fingerprint density at radius 2 is 2.06 bits per heavy atom. The molecule has 0 aromatic carbocycles. The highest BCUT2D eigenvalue weighted by Gasteiger charge is 2.08. The summed E-state index contributed by atoms with van der Waals surface area (Å²) in [6.07, 6.45) is 3.07. The first-order valence-electron chi connectivity index (χ1n) is 6.03. The lowest BCUT2D eigenvalue weighted by molar-refractivity contribution is 0.524. The summed E-state index contributed by atoms with van der Waals surface area (Å²) in [5, 5.41) is 4.05. The van der Waals surface area contributed by atoms with Crippen molar-refractivity contribution >= 4 is 11.8 Å². The second-order valence-corrected chi connectivity index (χ2v) is 5.75. The molecule has 0 aliphatic carbocycles. The number of aromatic nitrogens is 1. The van der Waals surface area contributed by atoms with E-state index < -0.39 is 0 Å². The predicted octanol–water partition coefficient (Wildman–Crippen LogP) is 3.64. The summed E-state index contributed by atoms with van der Waals surface area (Å²) in [6, 6.07) is 4.71. The molecule has 90 valence electrons. The summed E-state index contributed by atoms with van der Waals surface area (Å²) < 4.78 is 0. The van der Waals surface area contributed by atoms with Crippen LogP contribution in [0, 0.1) is 0 Å². The zero-order chi connectivity index (χ0) is 12.0. The highest BCUT2D eigenvalue weighted by atomic mass is 32.2. The van der Waals surface area contributed by atoms with Gasteiger partial charge in [-0.05, 0) is 25.1 Å². The Hall–Kier alpha value is -0.540. The molecule has 0 radical (unpaired) electrons. The summed E-state index contributed by atoms with van der Waals surface area (Å²) in [6.45, 7) is 9.71. The zero-order valence-corrected chi connectivity index (χ0v) is 11.5. The highest BCUT2D eigenvalue weighted by molar-refractivity contribution is 7.99. The third kappa shape index (κ3) is 4.14. The Balaban J connectivity index is 2.69. The fourth-order valence-electron chi connectivity index (χ4n) is 1.64. The van der Waals surface area contributed by atoms with Crippen LogP contribution in [-0.4, -0.2) is 16.8 Å². The molecule has 1 unspecified atom stereocenters. The van der Waals surface area contributed by atoms with E-state index in [4.69, 9.17) is 0 Å². The van der Waals surface area contributed by atoms with Crippen molar-refractivity contribution in [2.75, 3.05) is 6.54 Å². The molecule has 1 atom stereocenters. The number of hydrogen-bond acceptors (Lipinski definition) is 3. The Bertz CT molecular complexity index is 295. The van der Waals surface area contributed by atoms with Crippen LogP contribution in [0.4, 0.5) is 0 Å². The van der Waals surface area contributed by atoms with Gasteiger partial charge in [0.2, 0.25) is 0 Å². The highest BCUT2D eigenvalue weighted by Crippen LogP contribution is 2.23. The Labute approximate surface area is 103 Å². The first-order chi connectivity index (χ1) is 7.67. The number of nitrogens with one attached hydrogen (secondary N) is 1. The topological polar surface area (TPSA) is 24.9 Å². The van der Waals surface area contributed by atoms with Gasteiger partial charge >= 0.3 is 0 Å². The molecule has 1 aromatic heterocycles. The van der Waals surface area contributed by atoms with Crippen molar-refractivity contribution in [3.8, 4) is 0 Å². The van der Waals surface area contributed by atoms with Gasteiger partial charge in [-0.3, -0.25) is 4.98 Å². The van der Waals surface area contributed by atoms with E-state index in [1.54, 1.807) is 0 Å². The number of rotatable bonds is 6. The quantitative estimate of drug-likeness (QED) is 0.766. The minimum atomic E-state index is 0.392. The molecule has 0 amide bonds. The molecule has 1 aromatic rings. The van der Waals surface area contributed by atoms with Crippen LogP contribution in [0.15, 0.2) is 23.2 Å². The molecule has 0 saturated heterocycles. The predicted molar refractivity (Wildman–Crippen MR) is 71.9 cm³/mol. The van der Waals surface area contributed by atoms with Crippen LogP contribution in [0.1, 0.15) is 45.9 Å². The summed E-state index contributed by atoms with van der Waals surface area (Å²) in [5.41, 5.74) is 1.15. The molecule has 0 spiro atoms. The van der Waals surface area contributed by atoms with Crippen molar-refractivity contribution < 1.29 is 0 Å². The van der Waals surface area contributed by atoms with E-state index in [2.05, 4.69) is 50.1 Å². The second kappa shape index (κ2) is 6.92. The lowest BCUT2D eigenvalue weighted by Crippen LogP contribution is -2.20. The smallest absolute Gasteiger partial charge is 0.0573 e. The van der Waals surface area contributed by atoms with Crippen LogP contribution in [-0.2, 0) is 0 Å². The molecule has 3 heteroatoms. The molecule has 0 saturated carbocycles. The molecule has 16 heavy (non-hydrogen) atoms. The molecule has 0 aliphatic heterocycles. The van der Waals surface area contributed by atoms with E-state index in [1.807, 2.05) is 18.0 Å². The molecule has 0 fully saturated rings. The fraction of sp³-hybridized carbons (Fsp3) is 0.615. The van der Waals surface area contributed by atoms with Gasteiger partial charge in [-0.15, -0.1) is 11.8 Å². The van der Waals surface area contributed by atoms with E-state index in [0.717, 1.165) is 18.7 Å². The summed E-state index contributed by atoms with van der Waals surface area (Å²) in [4.78, 5) is 5.79. The van der Waals surface area contributed by atoms with E-state index in [0.29, 0.717) is 11.3 Å². The number of pyridine rings is 1. The van der Waals surface area contributed by atoms with Gasteiger partial charge in [0.15, 0.2) is 0 Å². The molecule has 1 heterocycles. The number of thioether (sulfide) groups is 1. The van der Waals surface area contributed by atoms with Gasteiger partial charge in [-0.25, -0.2) is 0 Å². The Morgan fingerprint density at radius 1 is 1.31 bits per heavy atom. The molecule has 1 rings (SSSR count). The standard InChI is InChI=1S/C13H22N2S/c1-5-12(14-6-2)13-8-7-11(9-15-13)16-10(3)4/h7-10,12,14H,5-6H2,1-4H3. The number of nitrogens with zero attached hydrogens (tertiary/aromatic N) is 1. The van der Waals surface area contributed by atoms with Gasteiger partial charge in [0, 0.05) is 22.4 Å². The average Bonchev–Trinajstić information content (AvgIpc) is 2.26. The van der Waals surface area contributed by atoms with Crippen LogP contribution in [0.3, 0.4) is 0 Å². The maximum Gasteiger partial charge on any atom is 0.0573 e. The Morgan fingerprint density at radius 3 is 2.50 bits per heavy atom. The van der Waals surface area contributed by atoms with Crippen molar-refractivity contribution in [1.29, 1.82) is 0 Å². The lowest BCUT2D eigenvalue weighted by Gasteiger charge is -2.15. The molecular weight excluding hydrogens is 216 g/mol. The van der Waals surface area contributed by atoms with Crippen molar-refractivity contribution in [3.63, 3.8) is 0 Å². The molecule has 1 N–H and O–H groups in total. The van der Waals surface area contributed by atoms with E-state index in [9.17, 15) is 0 Å². The average molecular weight is 238 g/mol. The van der Waals surface area contributed by atoms with Crippen molar-refractivity contribution in [3.05, 3.63) is 24.0 Å². The SMILES string of the molecule is CCNC(CC)c1ccc(SC(C)C)cn1. The van der Waals surface area contributed by atoms with Gasteiger partial charge in [0.05, 0.1) is 5.69 Å². The van der Waals surface area contributed by atoms with Gasteiger partial charge in [0.1, 0.15) is 0 Å². The van der Waals surface area contributed by atoms with Crippen molar-refractivity contribution in [2.45, 2.75) is 50.3 Å².